The number of nitrogens with one attached hydrogen (secondary N) is 1. The number of aromatic nitrogens is 2. The van der Waals surface area contributed by atoms with Gasteiger partial charge in [0.15, 0.2) is 0 Å². The Labute approximate surface area is 177 Å². The van der Waals surface area contributed by atoms with Gasteiger partial charge in [0.25, 0.3) is 5.91 Å². The van der Waals surface area contributed by atoms with Crippen LogP contribution in [0.15, 0.2) is 48.2 Å². The summed E-state index contributed by atoms with van der Waals surface area (Å²) >= 11 is 0. The van der Waals surface area contributed by atoms with Gasteiger partial charge in [-0.2, -0.15) is 5.26 Å². The number of fused-ring (bicyclic) bond motifs is 1. The highest BCUT2D eigenvalue weighted by Crippen LogP contribution is 2.25. The minimum atomic E-state index is -0.272. The number of benzene rings is 1. The van der Waals surface area contributed by atoms with Crippen LogP contribution in [0.5, 0.6) is 0 Å². The van der Waals surface area contributed by atoms with Gasteiger partial charge >= 0.3 is 0 Å². The second-order valence-electron chi connectivity index (χ2n) is 8.02. The number of hydrogen-bond donors (Lipinski definition) is 1. The van der Waals surface area contributed by atoms with Gasteiger partial charge in [-0.25, -0.2) is 0 Å². The van der Waals surface area contributed by atoms with Crippen LogP contribution in [0.1, 0.15) is 49.1 Å². The summed E-state index contributed by atoms with van der Waals surface area (Å²) in [7, 11) is 0. The Hall–Kier alpha value is -3.39. The number of rotatable bonds is 4. The number of nitrogens with zero attached hydrogens (tertiary/aromatic N) is 3. The molecule has 0 aliphatic heterocycles. The van der Waals surface area contributed by atoms with Gasteiger partial charge in [0.05, 0.1) is 5.52 Å². The first-order valence-electron chi connectivity index (χ1n) is 10.5. The quantitative estimate of drug-likeness (QED) is 0.497. The van der Waals surface area contributed by atoms with Crippen LogP contribution in [0.3, 0.4) is 0 Å². The van der Waals surface area contributed by atoms with Crippen molar-refractivity contribution in [2.24, 2.45) is 0 Å². The molecule has 0 radical (unpaired) electrons. The zero-order chi connectivity index (χ0) is 21.1. The normalized spacial score (nSPS) is 15.2. The Morgan fingerprint density at radius 1 is 1.20 bits per heavy atom. The van der Waals surface area contributed by atoms with Crippen LogP contribution in [0.25, 0.3) is 22.7 Å². The lowest BCUT2D eigenvalue weighted by atomic mass is 9.95. The largest absolute Gasteiger partial charge is 0.349 e. The first kappa shape index (κ1) is 19.9. The van der Waals surface area contributed by atoms with E-state index in [0.717, 1.165) is 59.2 Å². The summed E-state index contributed by atoms with van der Waals surface area (Å²) in [5.74, 6) is -0.272. The lowest BCUT2D eigenvalue weighted by molar-refractivity contribution is -0.117. The van der Waals surface area contributed by atoms with E-state index in [2.05, 4.69) is 27.0 Å². The Kier molecular flexibility index (Phi) is 5.67. The predicted molar refractivity (Wildman–Crippen MR) is 119 cm³/mol. The maximum Gasteiger partial charge on any atom is 0.262 e. The molecule has 1 aromatic carbocycles. The van der Waals surface area contributed by atoms with Gasteiger partial charge in [-0.1, -0.05) is 25.3 Å². The monoisotopic (exact) mass is 398 g/mol. The Morgan fingerprint density at radius 2 is 2.00 bits per heavy atom. The molecule has 1 aliphatic rings. The van der Waals surface area contributed by atoms with Crippen LogP contribution < -0.4 is 5.32 Å². The first-order chi connectivity index (χ1) is 14.6. The van der Waals surface area contributed by atoms with E-state index in [1.54, 1.807) is 12.3 Å². The topological polar surface area (TPSA) is 70.7 Å². The minimum absolute atomic E-state index is 0.156. The molecule has 1 N–H and O–H groups in total. The van der Waals surface area contributed by atoms with E-state index in [4.69, 9.17) is 0 Å². The standard InChI is InChI=1S/C25H26N4O/c1-17-13-20(14-21(16-26)25(30)28-22-8-4-3-5-9-22)18(2)29(17)23-10-11-24-19(15-23)7-6-12-27-24/h6-7,10-15,22H,3-5,8-9H2,1-2H3,(H,28,30)/b21-14-. The fourth-order valence-corrected chi connectivity index (χ4v) is 4.35. The summed E-state index contributed by atoms with van der Waals surface area (Å²) in [5.41, 5.74) is 5.07. The highest BCUT2D eigenvalue weighted by atomic mass is 16.1. The highest BCUT2D eigenvalue weighted by Gasteiger charge is 2.19. The van der Waals surface area contributed by atoms with Crippen molar-refractivity contribution in [2.45, 2.75) is 52.0 Å². The molecule has 1 fully saturated rings. The minimum Gasteiger partial charge on any atom is -0.349 e. The van der Waals surface area contributed by atoms with Crippen molar-refractivity contribution in [3.63, 3.8) is 0 Å². The molecule has 152 valence electrons. The zero-order valence-electron chi connectivity index (χ0n) is 17.5. The van der Waals surface area contributed by atoms with Crippen LogP contribution in [0.2, 0.25) is 0 Å². The predicted octanol–water partition coefficient (Wildman–Crippen LogP) is 5.00. The lowest BCUT2D eigenvalue weighted by Crippen LogP contribution is -2.36. The number of pyridine rings is 1. The zero-order valence-corrected chi connectivity index (χ0v) is 17.5. The van der Waals surface area contributed by atoms with Crippen molar-refractivity contribution in [1.82, 2.24) is 14.9 Å². The average molecular weight is 399 g/mol. The Morgan fingerprint density at radius 3 is 2.77 bits per heavy atom. The van der Waals surface area contributed by atoms with Crippen LogP contribution >= 0.6 is 0 Å². The molecule has 3 aromatic rings. The molecule has 30 heavy (non-hydrogen) atoms. The lowest BCUT2D eigenvalue weighted by Gasteiger charge is -2.22. The summed E-state index contributed by atoms with van der Waals surface area (Å²) in [4.78, 5) is 17.0. The number of aryl methyl sites for hydroxylation is 1. The van der Waals surface area contributed by atoms with E-state index in [1.807, 2.05) is 44.2 Å². The third kappa shape index (κ3) is 3.99. The number of hydrogen-bond acceptors (Lipinski definition) is 3. The average Bonchev–Trinajstić information content (AvgIpc) is 3.05. The molecule has 0 atom stereocenters. The van der Waals surface area contributed by atoms with E-state index < -0.39 is 0 Å². The van der Waals surface area contributed by atoms with Crippen molar-refractivity contribution >= 4 is 22.9 Å². The number of carbonyl (C=O) groups excluding carboxylic acids is 1. The van der Waals surface area contributed by atoms with Crippen molar-refractivity contribution in [1.29, 1.82) is 5.26 Å². The number of amides is 1. The maximum absolute atomic E-state index is 12.7. The second-order valence-corrected chi connectivity index (χ2v) is 8.02. The van der Waals surface area contributed by atoms with Crippen LogP contribution in [-0.2, 0) is 4.79 Å². The molecule has 4 rings (SSSR count). The third-order valence-electron chi connectivity index (χ3n) is 5.92. The van der Waals surface area contributed by atoms with E-state index >= 15 is 0 Å². The van der Waals surface area contributed by atoms with Gasteiger partial charge < -0.3 is 9.88 Å². The highest BCUT2D eigenvalue weighted by molar-refractivity contribution is 6.02. The van der Waals surface area contributed by atoms with Crippen molar-refractivity contribution in [3.05, 3.63) is 65.1 Å². The Balaban J connectivity index is 1.64. The van der Waals surface area contributed by atoms with Crippen molar-refractivity contribution < 1.29 is 4.79 Å². The van der Waals surface area contributed by atoms with E-state index in [-0.39, 0.29) is 17.5 Å². The molecule has 0 unspecified atom stereocenters. The van der Waals surface area contributed by atoms with Gasteiger partial charge in [-0.15, -0.1) is 0 Å². The van der Waals surface area contributed by atoms with Crippen LogP contribution in [0.4, 0.5) is 0 Å². The summed E-state index contributed by atoms with van der Waals surface area (Å²) in [6.07, 6.45) is 8.99. The van der Waals surface area contributed by atoms with Crippen LogP contribution in [-0.4, -0.2) is 21.5 Å². The van der Waals surface area contributed by atoms with Gasteiger partial charge in [-0.3, -0.25) is 9.78 Å². The molecule has 5 heteroatoms. The fraction of sp³-hybridized carbons (Fsp3) is 0.320. The van der Waals surface area contributed by atoms with Gasteiger partial charge in [-0.05, 0) is 68.7 Å². The molecular weight excluding hydrogens is 372 g/mol. The van der Waals surface area contributed by atoms with E-state index in [1.165, 1.54) is 6.42 Å². The fourth-order valence-electron chi connectivity index (χ4n) is 4.35. The summed E-state index contributed by atoms with van der Waals surface area (Å²) in [5, 5.41) is 13.7. The molecule has 1 amide bonds. The van der Waals surface area contributed by atoms with Crippen molar-refractivity contribution in [2.75, 3.05) is 0 Å². The first-order valence-corrected chi connectivity index (χ1v) is 10.5. The molecular formula is C25H26N4O. The van der Waals surface area contributed by atoms with Gasteiger partial charge in [0.1, 0.15) is 11.6 Å². The SMILES string of the molecule is Cc1cc(/C=C(/C#N)C(=O)NC2CCCCC2)c(C)n1-c1ccc2ncccc2c1. The molecule has 0 spiro atoms. The van der Waals surface area contributed by atoms with Crippen LogP contribution in [0, 0.1) is 25.2 Å². The Bertz CT molecular complexity index is 1160. The smallest absolute Gasteiger partial charge is 0.262 e. The van der Waals surface area contributed by atoms with E-state index in [9.17, 15) is 10.1 Å². The molecule has 5 nitrogen and oxygen atoms in total. The van der Waals surface area contributed by atoms with Gasteiger partial charge in [0.2, 0.25) is 0 Å². The molecule has 0 bridgehead atoms. The molecule has 0 saturated heterocycles. The summed E-state index contributed by atoms with van der Waals surface area (Å²) < 4.78 is 2.15. The number of nitriles is 1. The number of carbonyl (C=O) groups is 1. The maximum atomic E-state index is 12.7. The molecule has 1 aliphatic carbocycles. The van der Waals surface area contributed by atoms with Crippen molar-refractivity contribution in [3.8, 4) is 11.8 Å². The summed E-state index contributed by atoms with van der Waals surface area (Å²) in [6, 6.07) is 14.4. The molecule has 2 aromatic heterocycles. The summed E-state index contributed by atoms with van der Waals surface area (Å²) in [6.45, 7) is 4.05. The molecule has 1 saturated carbocycles. The van der Waals surface area contributed by atoms with Gasteiger partial charge in [0, 0.05) is 34.7 Å². The third-order valence-corrected chi connectivity index (χ3v) is 5.92. The second kappa shape index (κ2) is 8.54. The van der Waals surface area contributed by atoms with E-state index in [0.29, 0.717) is 0 Å². The molecule has 2 heterocycles.